The van der Waals surface area contributed by atoms with Crippen LogP contribution in [0.2, 0.25) is 0 Å². The van der Waals surface area contributed by atoms with Crippen molar-refractivity contribution in [2.75, 3.05) is 11.5 Å². The van der Waals surface area contributed by atoms with E-state index in [4.69, 9.17) is 0 Å². The summed E-state index contributed by atoms with van der Waals surface area (Å²) >= 11 is 51.7. The van der Waals surface area contributed by atoms with E-state index in [-0.39, 0.29) is 47.0 Å². The second-order valence-corrected chi connectivity index (χ2v) is 13.9. The van der Waals surface area contributed by atoms with Crippen LogP contribution in [0.3, 0.4) is 0 Å². The molecule has 0 bridgehead atoms. The molecule has 0 spiro atoms. The molecule has 0 fully saturated rings. The van der Waals surface area contributed by atoms with Crippen molar-refractivity contribution in [3.05, 3.63) is 0 Å². The Bertz CT molecular complexity index is 426. The van der Waals surface area contributed by atoms with Gasteiger partial charge in [-0.1, -0.05) is 53.6 Å². The Kier molecular flexibility index (Phi) is 79.4. The molecule has 0 aliphatic heterocycles. The summed E-state index contributed by atoms with van der Waals surface area (Å²) in [6.45, 7) is 9.18. The predicted octanol–water partition coefficient (Wildman–Crippen LogP) is 2.47. The minimum atomic E-state index is 0. The Morgan fingerprint density at radius 3 is 0.694 bits per heavy atom. The summed E-state index contributed by atoms with van der Waals surface area (Å²) < 4.78 is 0.500. The van der Waals surface area contributed by atoms with Crippen molar-refractivity contribution >= 4 is 187 Å². The van der Waals surface area contributed by atoms with Crippen molar-refractivity contribution in [3.8, 4) is 0 Å². The predicted molar refractivity (Wildman–Crippen MR) is 201 cm³/mol. The zero-order valence-corrected chi connectivity index (χ0v) is 32.8. The fourth-order valence-electron chi connectivity index (χ4n) is 0.740. The molecule has 6 nitrogen and oxygen atoms in total. The van der Waals surface area contributed by atoms with Crippen molar-refractivity contribution in [3.63, 3.8) is 0 Å². The molecule has 0 saturated carbocycles. The van der Waals surface area contributed by atoms with E-state index in [0.717, 1.165) is 11.8 Å². The second-order valence-electron chi connectivity index (χ2n) is 5.89. The molecule has 36 heavy (non-hydrogen) atoms. The molecule has 0 radical (unpaired) electrons. The first-order valence-electron chi connectivity index (χ1n) is 8.88. The van der Waals surface area contributed by atoms with E-state index in [0.29, 0.717) is 0 Å². The smallest absolute Gasteiger partial charge is 0.415 e. The third kappa shape index (κ3) is 457. The molecule has 0 aliphatic carbocycles. The molecule has 0 aromatic carbocycles. The summed E-state index contributed by atoms with van der Waals surface area (Å²) in [4.78, 5) is 0. The van der Waals surface area contributed by atoms with Gasteiger partial charge in [-0.15, -0.1) is 0 Å². The van der Waals surface area contributed by atoms with E-state index in [1.165, 1.54) is 24.3 Å². The summed E-state index contributed by atoms with van der Waals surface area (Å²) in [6, 6.07) is 0. The summed E-state index contributed by atoms with van der Waals surface area (Å²) in [7, 11) is 0. The van der Waals surface area contributed by atoms with Gasteiger partial charge in [-0.05, 0) is 36.2 Å². The van der Waals surface area contributed by atoms with Crippen molar-refractivity contribution in [2.45, 2.75) is 40.5 Å². The van der Waals surface area contributed by atoms with E-state index >= 15 is 0 Å². The molecule has 0 aliphatic rings. The van der Waals surface area contributed by atoms with Gasteiger partial charge in [-0.25, -0.2) is 0 Å². The van der Waals surface area contributed by atoms with Gasteiger partial charge in [0.05, 0.1) is 0 Å². The van der Waals surface area contributed by atoms with Crippen LogP contribution >= 0.6 is 85.1 Å². The van der Waals surface area contributed by atoms with Crippen molar-refractivity contribution in [2.24, 2.45) is 46.2 Å². The van der Waals surface area contributed by atoms with Crippen LogP contribution in [0.15, 0.2) is 0 Å². The van der Waals surface area contributed by atoms with Gasteiger partial charge in [-0.2, -0.15) is 11.8 Å². The van der Waals surface area contributed by atoms with Crippen molar-refractivity contribution in [1.29, 1.82) is 0 Å². The Labute approximate surface area is 302 Å². The molecule has 0 rings (SSSR count). The number of nitrogens with two attached hydrogens (primary N) is 6. The van der Waals surface area contributed by atoms with Gasteiger partial charge >= 0.3 is 21.1 Å². The molecule has 0 saturated heterocycles. The van der Waals surface area contributed by atoms with E-state index < -0.39 is 0 Å². The first kappa shape index (κ1) is 57.6. The zero-order chi connectivity index (χ0) is 30.2. The van der Waals surface area contributed by atoms with Gasteiger partial charge in [-0.3, -0.25) is 0 Å². The van der Waals surface area contributed by atoms with Crippen molar-refractivity contribution < 1.29 is 21.1 Å². The molecule has 12 N–H and O–H groups in total. The standard InChI is InChI=1S/C10H22S.6CH3NS2.Mo/c1-9(2)5-7-11-8-6-10(3)4;6*2-1(3)4;/h9-10H,5-8H2,1-4H3;6*(H3,2,3,4);/q;;;;;;;+6/p-6. The van der Waals surface area contributed by atoms with Crippen LogP contribution in [-0.2, 0) is 96.8 Å². The normalized spacial score (nSPS) is 7.50. The Hall–Kier alpha value is 1.70. The number of hydrogen-bond donors (Lipinski definition) is 6. The second kappa shape index (κ2) is 49.6. The van der Waals surface area contributed by atoms with Crippen LogP contribution in [0.5, 0.6) is 0 Å². The van der Waals surface area contributed by atoms with Crippen LogP contribution in [-0.4, -0.2) is 37.4 Å². The van der Waals surface area contributed by atoms with Gasteiger partial charge in [0.1, 0.15) is 0 Å². The monoisotopic (exact) mass is 824 g/mol. The van der Waals surface area contributed by atoms with Crippen LogP contribution in [0, 0.1) is 11.8 Å². The van der Waals surface area contributed by atoms with E-state index in [1.54, 1.807) is 0 Å². The van der Waals surface area contributed by atoms with Gasteiger partial charge in [0.2, 0.25) is 0 Å². The third-order valence-electron chi connectivity index (χ3n) is 1.68. The minimum absolute atomic E-state index is 0. The molecule has 0 aromatic heterocycles. The third-order valence-corrected chi connectivity index (χ3v) is 2.73. The molecule has 0 atom stereocenters. The Balaban J connectivity index is -0.0000000449. The summed E-state index contributed by atoms with van der Waals surface area (Å²) in [5.74, 6) is 4.46. The van der Waals surface area contributed by atoms with Gasteiger partial charge in [0.25, 0.3) is 0 Å². The Morgan fingerprint density at radius 1 is 0.500 bits per heavy atom. The average Bonchev–Trinajstić information content (AvgIpc) is 2.50. The number of thioether (sulfide) groups is 1. The Morgan fingerprint density at radius 2 is 0.611 bits per heavy atom. The van der Waals surface area contributed by atoms with E-state index in [2.05, 4.69) is 223 Å². The van der Waals surface area contributed by atoms with Gasteiger partial charge < -0.3 is 183 Å². The van der Waals surface area contributed by atoms with Crippen LogP contribution in [0.25, 0.3) is 0 Å². The molecule has 212 valence electrons. The number of hydrogen-bond acceptors (Lipinski definition) is 13. The molecule has 0 amide bonds. The zero-order valence-electron chi connectivity index (χ0n) is 20.2. The van der Waals surface area contributed by atoms with Crippen LogP contribution in [0.4, 0.5) is 0 Å². The quantitative estimate of drug-likeness (QED) is 0.101. The minimum Gasteiger partial charge on any atom is -0.415 e. The maximum atomic E-state index is 4.66. The number of thiocarbonyl (C=S) groups is 6. The molecular formula is C16H34MoN6S13. The maximum Gasteiger partial charge on any atom is 6.00 e. The maximum absolute atomic E-state index is 4.66. The first-order chi connectivity index (χ1) is 15.5. The molecule has 0 heterocycles. The molecular weight excluding hydrogens is 789 g/mol. The van der Waals surface area contributed by atoms with E-state index in [9.17, 15) is 0 Å². The van der Waals surface area contributed by atoms with E-state index in [1.807, 2.05) is 0 Å². The van der Waals surface area contributed by atoms with Crippen molar-refractivity contribution in [1.82, 2.24) is 0 Å². The summed E-state index contributed by atoms with van der Waals surface area (Å²) in [5.41, 5.74) is 27.9. The van der Waals surface area contributed by atoms with Gasteiger partial charge in [0, 0.05) is 0 Å². The van der Waals surface area contributed by atoms with Gasteiger partial charge in [0.15, 0.2) is 0 Å². The molecule has 0 aromatic rings. The first-order valence-corrected chi connectivity index (χ1v) is 14.9. The van der Waals surface area contributed by atoms with Crippen LogP contribution < -0.4 is 34.4 Å². The fourth-order valence-corrected chi connectivity index (χ4v) is 2.22. The molecule has 0 unspecified atom stereocenters. The fraction of sp³-hybridized carbons (Fsp3) is 0.625. The molecule has 20 heteroatoms. The summed E-state index contributed by atoms with van der Waals surface area (Å²) in [6.07, 6.45) is 2.76. The largest absolute Gasteiger partial charge is 6.00 e. The van der Waals surface area contributed by atoms with Crippen LogP contribution in [0.1, 0.15) is 40.5 Å². The number of rotatable bonds is 6. The summed E-state index contributed by atoms with van der Waals surface area (Å²) in [5, 5.41) is 0. The SMILES string of the molecule is CC(C)CCSCCC(C)C.NC(=S)[S-].NC(=S)[S-].NC(=S)[S-].NC(=S)[S-].NC(=S)[S-].NC(=S)[S-].[Mo+6]. The average molecular weight is 823 g/mol. The topological polar surface area (TPSA) is 156 Å².